The van der Waals surface area contributed by atoms with Gasteiger partial charge in [-0.05, 0) is 31.6 Å². The van der Waals surface area contributed by atoms with Crippen LogP contribution in [0.2, 0.25) is 0 Å². The van der Waals surface area contributed by atoms with Crippen molar-refractivity contribution in [1.82, 2.24) is 25.1 Å². The van der Waals surface area contributed by atoms with Gasteiger partial charge in [0.05, 0.1) is 13.0 Å². The summed E-state index contributed by atoms with van der Waals surface area (Å²) in [6, 6.07) is 9.80. The number of carboxylic acid groups (broad SMARTS) is 1. The highest BCUT2D eigenvalue weighted by Gasteiger charge is 2.05. The standard InChI is InChI=1S/C16H23N5O2.ClH/c1-20(13-10-15(22)23)11-6-3-7-12-21-18-16(17-19-21)14-8-4-2-5-9-14;/h2,4-5,8-9H,3,6-7,10-13H2,1H3,(H,22,23);1H. The predicted octanol–water partition coefficient (Wildman–Crippen LogP) is 2.34. The Labute approximate surface area is 148 Å². The first-order valence-electron chi connectivity index (χ1n) is 7.89. The lowest BCUT2D eigenvalue weighted by Crippen LogP contribution is -2.22. The third kappa shape index (κ3) is 7.06. The van der Waals surface area contributed by atoms with Gasteiger partial charge < -0.3 is 10.0 Å². The maximum Gasteiger partial charge on any atom is 0.304 e. The fourth-order valence-corrected chi connectivity index (χ4v) is 2.25. The Morgan fingerprint density at radius 3 is 2.62 bits per heavy atom. The molecule has 0 unspecified atom stereocenters. The summed E-state index contributed by atoms with van der Waals surface area (Å²) >= 11 is 0. The van der Waals surface area contributed by atoms with E-state index >= 15 is 0 Å². The number of hydrogen-bond donors (Lipinski definition) is 1. The maximum atomic E-state index is 10.5. The molecule has 0 saturated heterocycles. The molecule has 0 fully saturated rings. The van der Waals surface area contributed by atoms with E-state index in [0.717, 1.165) is 37.9 Å². The molecule has 8 heteroatoms. The summed E-state index contributed by atoms with van der Waals surface area (Å²) < 4.78 is 0. The first-order valence-corrected chi connectivity index (χ1v) is 7.89. The molecule has 2 rings (SSSR count). The topological polar surface area (TPSA) is 84.1 Å². The molecule has 7 nitrogen and oxygen atoms in total. The number of aromatic nitrogens is 4. The number of tetrazole rings is 1. The second-order valence-electron chi connectivity index (χ2n) is 5.58. The zero-order valence-corrected chi connectivity index (χ0v) is 14.7. The van der Waals surface area contributed by atoms with Gasteiger partial charge in [0.2, 0.25) is 5.82 Å². The van der Waals surface area contributed by atoms with Gasteiger partial charge in [-0.15, -0.1) is 22.6 Å². The summed E-state index contributed by atoms with van der Waals surface area (Å²) in [4.78, 5) is 14.2. The van der Waals surface area contributed by atoms with Crippen LogP contribution >= 0.6 is 12.4 Å². The normalized spacial score (nSPS) is 10.6. The zero-order valence-electron chi connectivity index (χ0n) is 13.8. The molecule has 0 aliphatic heterocycles. The Kier molecular flexibility index (Phi) is 8.96. The van der Waals surface area contributed by atoms with Crippen molar-refractivity contribution in [2.75, 3.05) is 20.1 Å². The highest BCUT2D eigenvalue weighted by molar-refractivity contribution is 5.85. The minimum atomic E-state index is -0.747. The van der Waals surface area contributed by atoms with Crippen molar-refractivity contribution in [3.05, 3.63) is 30.3 Å². The predicted molar refractivity (Wildman–Crippen MR) is 94.1 cm³/mol. The first kappa shape index (κ1) is 20.1. The van der Waals surface area contributed by atoms with Gasteiger partial charge in [-0.1, -0.05) is 36.8 Å². The van der Waals surface area contributed by atoms with E-state index in [9.17, 15) is 4.79 Å². The van der Waals surface area contributed by atoms with Crippen LogP contribution in [0.25, 0.3) is 11.4 Å². The summed E-state index contributed by atoms with van der Waals surface area (Å²) in [6.45, 7) is 2.26. The molecular formula is C16H24ClN5O2. The maximum absolute atomic E-state index is 10.5. The summed E-state index contributed by atoms with van der Waals surface area (Å²) in [5.74, 6) is -0.0951. The van der Waals surface area contributed by atoms with Crippen molar-refractivity contribution >= 4 is 18.4 Å². The monoisotopic (exact) mass is 353 g/mol. The molecule has 0 saturated carbocycles. The van der Waals surface area contributed by atoms with E-state index in [0.29, 0.717) is 12.4 Å². The van der Waals surface area contributed by atoms with E-state index in [2.05, 4.69) is 20.3 Å². The van der Waals surface area contributed by atoms with E-state index in [1.165, 1.54) is 0 Å². The van der Waals surface area contributed by atoms with Gasteiger partial charge in [0.15, 0.2) is 0 Å². The lowest BCUT2D eigenvalue weighted by molar-refractivity contribution is -0.137. The van der Waals surface area contributed by atoms with Gasteiger partial charge in [0, 0.05) is 12.1 Å². The number of carbonyl (C=O) groups is 1. The molecule has 0 spiro atoms. The lowest BCUT2D eigenvalue weighted by Gasteiger charge is -2.14. The fraction of sp³-hybridized carbons (Fsp3) is 0.500. The fourth-order valence-electron chi connectivity index (χ4n) is 2.25. The SMILES string of the molecule is CN(CCCCCn1nnc(-c2ccccc2)n1)CCC(=O)O.Cl. The molecule has 1 aromatic heterocycles. The Hall–Kier alpha value is -1.99. The number of carboxylic acids is 1. The molecule has 1 heterocycles. The molecule has 1 N–H and O–H groups in total. The molecule has 24 heavy (non-hydrogen) atoms. The van der Waals surface area contributed by atoms with E-state index in [1.54, 1.807) is 4.80 Å². The molecule has 0 amide bonds. The van der Waals surface area contributed by atoms with Gasteiger partial charge >= 0.3 is 5.97 Å². The summed E-state index contributed by atoms with van der Waals surface area (Å²) in [6.07, 6.45) is 3.27. The van der Waals surface area contributed by atoms with Crippen LogP contribution in [0.5, 0.6) is 0 Å². The van der Waals surface area contributed by atoms with E-state index < -0.39 is 5.97 Å². The number of aliphatic carboxylic acids is 1. The van der Waals surface area contributed by atoms with Crippen molar-refractivity contribution in [1.29, 1.82) is 0 Å². The van der Waals surface area contributed by atoms with Crippen LogP contribution in [-0.2, 0) is 11.3 Å². The van der Waals surface area contributed by atoms with Gasteiger partial charge in [-0.3, -0.25) is 4.79 Å². The Balaban J connectivity index is 0.00000288. The van der Waals surface area contributed by atoms with Gasteiger partial charge in [-0.2, -0.15) is 4.80 Å². The van der Waals surface area contributed by atoms with Crippen molar-refractivity contribution in [2.45, 2.75) is 32.2 Å². The summed E-state index contributed by atoms with van der Waals surface area (Å²) in [5.41, 5.74) is 0.971. The molecule has 2 aromatic rings. The van der Waals surface area contributed by atoms with E-state index in [4.69, 9.17) is 5.11 Å². The van der Waals surface area contributed by atoms with Gasteiger partial charge in [0.25, 0.3) is 0 Å². The van der Waals surface area contributed by atoms with Crippen LogP contribution in [0, 0.1) is 0 Å². The zero-order chi connectivity index (χ0) is 16.5. The van der Waals surface area contributed by atoms with Crippen LogP contribution in [0.4, 0.5) is 0 Å². The second-order valence-corrected chi connectivity index (χ2v) is 5.58. The number of rotatable bonds is 10. The van der Waals surface area contributed by atoms with Crippen LogP contribution in [0.15, 0.2) is 30.3 Å². The van der Waals surface area contributed by atoms with Crippen molar-refractivity contribution in [3.8, 4) is 11.4 Å². The Morgan fingerprint density at radius 2 is 1.92 bits per heavy atom. The third-order valence-electron chi connectivity index (χ3n) is 3.59. The Morgan fingerprint density at radius 1 is 1.17 bits per heavy atom. The molecule has 0 aliphatic rings. The molecule has 0 atom stereocenters. The van der Waals surface area contributed by atoms with Crippen LogP contribution in [0.3, 0.4) is 0 Å². The number of unbranched alkanes of at least 4 members (excludes halogenated alkanes) is 2. The molecule has 0 radical (unpaired) electrons. The number of hydrogen-bond acceptors (Lipinski definition) is 5. The molecule has 1 aromatic carbocycles. The number of halogens is 1. The van der Waals surface area contributed by atoms with Crippen LogP contribution in [0.1, 0.15) is 25.7 Å². The van der Waals surface area contributed by atoms with E-state index in [-0.39, 0.29) is 18.8 Å². The summed E-state index contributed by atoms with van der Waals surface area (Å²) in [5, 5.41) is 21.2. The number of benzene rings is 1. The van der Waals surface area contributed by atoms with Crippen molar-refractivity contribution in [2.24, 2.45) is 0 Å². The van der Waals surface area contributed by atoms with Crippen molar-refractivity contribution in [3.63, 3.8) is 0 Å². The smallest absolute Gasteiger partial charge is 0.304 e. The lowest BCUT2D eigenvalue weighted by atomic mass is 10.2. The minimum Gasteiger partial charge on any atom is -0.481 e. The average Bonchev–Trinajstić information content (AvgIpc) is 3.02. The molecule has 0 aliphatic carbocycles. The van der Waals surface area contributed by atoms with E-state index in [1.807, 2.05) is 37.4 Å². The number of nitrogens with zero attached hydrogens (tertiary/aromatic N) is 5. The Bertz CT molecular complexity index is 606. The average molecular weight is 354 g/mol. The third-order valence-corrected chi connectivity index (χ3v) is 3.59. The molecule has 132 valence electrons. The minimum absolute atomic E-state index is 0. The van der Waals surface area contributed by atoms with Crippen molar-refractivity contribution < 1.29 is 9.90 Å². The highest BCUT2D eigenvalue weighted by Crippen LogP contribution is 2.12. The van der Waals surface area contributed by atoms with Gasteiger partial charge in [0.1, 0.15) is 0 Å². The van der Waals surface area contributed by atoms with Crippen LogP contribution in [-0.4, -0.2) is 56.3 Å². The van der Waals surface area contributed by atoms with Gasteiger partial charge in [-0.25, -0.2) is 0 Å². The number of aryl methyl sites for hydroxylation is 1. The largest absolute Gasteiger partial charge is 0.481 e. The molecular weight excluding hydrogens is 330 g/mol. The first-order chi connectivity index (χ1) is 11.1. The van der Waals surface area contributed by atoms with Crippen LogP contribution < -0.4 is 0 Å². The second kappa shape index (κ2) is 10.7. The quantitative estimate of drug-likeness (QED) is 0.660. The highest BCUT2D eigenvalue weighted by atomic mass is 35.5. The molecule has 0 bridgehead atoms. The summed E-state index contributed by atoms with van der Waals surface area (Å²) in [7, 11) is 1.95.